The predicted molar refractivity (Wildman–Crippen MR) is 55.2 cm³/mol. The quantitative estimate of drug-likeness (QED) is 0.548. The highest BCUT2D eigenvalue weighted by Gasteiger charge is 2.22. The lowest BCUT2D eigenvalue weighted by molar-refractivity contribution is 0.0614. The lowest BCUT2D eigenvalue weighted by Crippen LogP contribution is -2.21. The van der Waals surface area contributed by atoms with E-state index in [9.17, 15) is 5.11 Å². The highest BCUT2D eigenvalue weighted by molar-refractivity contribution is 5.49. The minimum atomic E-state index is -0.910. The lowest BCUT2D eigenvalue weighted by Gasteiger charge is -2.23. The van der Waals surface area contributed by atoms with Crippen molar-refractivity contribution in [3.05, 3.63) is 42.5 Å². The Morgan fingerprint density at radius 3 is 2.69 bits per heavy atom. The summed E-state index contributed by atoms with van der Waals surface area (Å²) in [6, 6.07) is 7.33. The van der Waals surface area contributed by atoms with Crippen LogP contribution >= 0.6 is 0 Å². The Bertz CT molecular complexity index is 305. The molecule has 0 saturated heterocycles. The molecule has 1 rings (SSSR count). The maximum Gasteiger partial charge on any atom is 0.0922 e. The second-order valence-electron chi connectivity index (χ2n) is 3.35. The number of aliphatic hydroxyl groups is 1. The molecule has 70 valence electrons. The molecule has 0 heterocycles. The average Bonchev–Trinajstić information content (AvgIpc) is 2.04. The van der Waals surface area contributed by atoms with Crippen LogP contribution in [0, 0.1) is 0 Å². The van der Waals surface area contributed by atoms with E-state index < -0.39 is 5.60 Å². The summed E-state index contributed by atoms with van der Waals surface area (Å²) in [4.78, 5) is 0. The van der Waals surface area contributed by atoms with Crippen molar-refractivity contribution >= 4 is 5.69 Å². The van der Waals surface area contributed by atoms with Crippen LogP contribution in [0.25, 0.3) is 0 Å². The van der Waals surface area contributed by atoms with E-state index in [1.807, 2.05) is 18.2 Å². The molecular formula is C11H15NO. The van der Waals surface area contributed by atoms with Crippen LogP contribution < -0.4 is 5.73 Å². The van der Waals surface area contributed by atoms with E-state index in [1.165, 1.54) is 0 Å². The summed E-state index contributed by atoms with van der Waals surface area (Å²) in [7, 11) is 0. The maximum atomic E-state index is 10.0. The van der Waals surface area contributed by atoms with Crippen LogP contribution in [0.2, 0.25) is 0 Å². The first-order chi connectivity index (χ1) is 6.08. The first-order valence-corrected chi connectivity index (χ1v) is 4.26. The van der Waals surface area contributed by atoms with Crippen LogP contribution in [0.1, 0.15) is 18.9 Å². The van der Waals surface area contributed by atoms with Crippen LogP contribution in [-0.4, -0.2) is 5.11 Å². The van der Waals surface area contributed by atoms with Gasteiger partial charge in [-0.15, -0.1) is 6.58 Å². The normalized spacial score (nSPS) is 14.9. The third-order valence-corrected chi connectivity index (χ3v) is 2.08. The molecule has 1 atom stereocenters. The summed E-state index contributed by atoms with van der Waals surface area (Å²) >= 11 is 0. The monoisotopic (exact) mass is 177 g/mol. The number of benzene rings is 1. The van der Waals surface area contributed by atoms with Gasteiger partial charge in [-0.25, -0.2) is 0 Å². The molecule has 0 aliphatic rings. The Hall–Kier alpha value is -1.28. The molecule has 0 aromatic heterocycles. The van der Waals surface area contributed by atoms with Gasteiger partial charge in [0.25, 0.3) is 0 Å². The molecule has 0 radical (unpaired) electrons. The molecule has 2 heteroatoms. The molecule has 0 saturated carbocycles. The van der Waals surface area contributed by atoms with Crippen molar-refractivity contribution in [2.45, 2.75) is 18.9 Å². The van der Waals surface area contributed by atoms with Gasteiger partial charge in [-0.05, 0) is 19.4 Å². The number of hydrogen-bond acceptors (Lipinski definition) is 2. The maximum absolute atomic E-state index is 10.0. The zero-order valence-electron chi connectivity index (χ0n) is 7.83. The molecule has 1 aromatic carbocycles. The first-order valence-electron chi connectivity index (χ1n) is 4.26. The molecule has 0 aliphatic carbocycles. The van der Waals surface area contributed by atoms with Gasteiger partial charge in [0, 0.05) is 11.3 Å². The molecule has 0 fully saturated rings. The third kappa shape index (κ3) is 2.10. The molecule has 0 bridgehead atoms. The van der Waals surface area contributed by atoms with Gasteiger partial charge in [-0.3, -0.25) is 0 Å². The molecule has 1 aromatic rings. The Balaban J connectivity index is 3.06. The molecule has 0 spiro atoms. The van der Waals surface area contributed by atoms with E-state index in [-0.39, 0.29) is 0 Å². The lowest BCUT2D eigenvalue weighted by atomic mass is 9.91. The standard InChI is InChI=1S/C11H15NO/c1-3-8-11(2,13)9-6-4-5-7-10(9)12/h3-7,13H,1,8,12H2,2H3/t11-/m1/s1. The fourth-order valence-electron chi connectivity index (χ4n) is 1.38. The van der Waals surface area contributed by atoms with Gasteiger partial charge < -0.3 is 10.8 Å². The number of nitrogens with two attached hydrogens (primary N) is 1. The molecule has 3 N–H and O–H groups in total. The van der Waals surface area contributed by atoms with Crippen molar-refractivity contribution in [2.24, 2.45) is 0 Å². The number of hydrogen-bond donors (Lipinski definition) is 2. The Morgan fingerprint density at radius 1 is 1.54 bits per heavy atom. The Morgan fingerprint density at radius 2 is 2.15 bits per heavy atom. The van der Waals surface area contributed by atoms with Gasteiger partial charge in [-0.2, -0.15) is 0 Å². The van der Waals surface area contributed by atoms with E-state index in [0.717, 1.165) is 5.56 Å². The molecule has 13 heavy (non-hydrogen) atoms. The number of rotatable bonds is 3. The van der Waals surface area contributed by atoms with Crippen LogP contribution in [0.3, 0.4) is 0 Å². The summed E-state index contributed by atoms with van der Waals surface area (Å²) in [5, 5.41) is 10.0. The summed E-state index contributed by atoms with van der Waals surface area (Å²) in [5.74, 6) is 0. The molecular weight excluding hydrogens is 162 g/mol. The largest absolute Gasteiger partial charge is 0.398 e. The van der Waals surface area contributed by atoms with Crippen LogP contribution in [0.4, 0.5) is 5.69 Å². The minimum Gasteiger partial charge on any atom is -0.398 e. The highest BCUT2D eigenvalue weighted by atomic mass is 16.3. The second kappa shape index (κ2) is 3.62. The summed E-state index contributed by atoms with van der Waals surface area (Å²) < 4.78 is 0. The number of anilines is 1. The van der Waals surface area contributed by atoms with Gasteiger partial charge in [0.1, 0.15) is 0 Å². The third-order valence-electron chi connectivity index (χ3n) is 2.08. The smallest absolute Gasteiger partial charge is 0.0922 e. The van der Waals surface area contributed by atoms with Crippen molar-refractivity contribution in [3.63, 3.8) is 0 Å². The number of nitrogen functional groups attached to an aromatic ring is 1. The van der Waals surface area contributed by atoms with Gasteiger partial charge in [0.2, 0.25) is 0 Å². The van der Waals surface area contributed by atoms with Gasteiger partial charge >= 0.3 is 0 Å². The minimum absolute atomic E-state index is 0.501. The molecule has 0 aliphatic heterocycles. The van der Waals surface area contributed by atoms with Crippen molar-refractivity contribution in [2.75, 3.05) is 5.73 Å². The Labute approximate surface area is 78.7 Å². The average molecular weight is 177 g/mol. The topological polar surface area (TPSA) is 46.2 Å². The van der Waals surface area contributed by atoms with Crippen LogP contribution in [-0.2, 0) is 5.60 Å². The fourth-order valence-corrected chi connectivity index (χ4v) is 1.38. The van der Waals surface area contributed by atoms with E-state index in [0.29, 0.717) is 12.1 Å². The zero-order chi connectivity index (χ0) is 9.90. The van der Waals surface area contributed by atoms with Crippen molar-refractivity contribution in [3.8, 4) is 0 Å². The summed E-state index contributed by atoms with van der Waals surface area (Å²) in [6.45, 7) is 5.34. The van der Waals surface area contributed by atoms with E-state index in [1.54, 1.807) is 19.1 Å². The predicted octanol–water partition coefficient (Wildman–Crippen LogP) is 2.05. The number of para-hydroxylation sites is 1. The first kappa shape index (κ1) is 9.81. The second-order valence-corrected chi connectivity index (χ2v) is 3.35. The van der Waals surface area contributed by atoms with Crippen LogP contribution in [0.15, 0.2) is 36.9 Å². The van der Waals surface area contributed by atoms with E-state index >= 15 is 0 Å². The molecule has 2 nitrogen and oxygen atoms in total. The van der Waals surface area contributed by atoms with Crippen molar-refractivity contribution in [1.29, 1.82) is 0 Å². The van der Waals surface area contributed by atoms with E-state index in [2.05, 4.69) is 6.58 Å². The SMILES string of the molecule is C=CC[C@@](C)(O)c1ccccc1N. The fraction of sp³-hybridized carbons (Fsp3) is 0.273. The molecule has 0 unspecified atom stereocenters. The highest BCUT2D eigenvalue weighted by Crippen LogP contribution is 2.28. The van der Waals surface area contributed by atoms with Crippen molar-refractivity contribution in [1.82, 2.24) is 0 Å². The zero-order valence-corrected chi connectivity index (χ0v) is 7.83. The van der Waals surface area contributed by atoms with Crippen LogP contribution in [0.5, 0.6) is 0 Å². The van der Waals surface area contributed by atoms with Gasteiger partial charge in [0.15, 0.2) is 0 Å². The van der Waals surface area contributed by atoms with E-state index in [4.69, 9.17) is 5.73 Å². The summed E-state index contributed by atoms with van der Waals surface area (Å²) in [6.07, 6.45) is 2.19. The van der Waals surface area contributed by atoms with Gasteiger partial charge in [0.05, 0.1) is 5.60 Å². The Kier molecular flexibility index (Phi) is 2.73. The molecule has 0 amide bonds. The summed E-state index contributed by atoms with van der Waals surface area (Å²) in [5.41, 5.74) is 6.21. The van der Waals surface area contributed by atoms with Crippen molar-refractivity contribution < 1.29 is 5.11 Å². The van der Waals surface area contributed by atoms with Gasteiger partial charge in [-0.1, -0.05) is 24.3 Å².